The van der Waals surface area contributed by atoms with Crippen molar-refractivity contribution in [2.24, 2.45) is 0 Å². The van der Waals surface area contributed by atoms with Gasteiger partial charge in [0, 0.05) is 18.2 Å². The summed E-state index contributed by atoms with van der Waals surface area (Å²) in [6.45, 7) is 0.557. The smallest absolute Gasteiger partial charge is 0.469 e. The minimum Gasteiger partial charge on any atom is -0.469 e. The summed E-state index contributed by atoms with van der Waals surface area (Å²) in [5.41, 5.74) is -1.36. The largest absolute Gasteiger partial charge is 0.532 e. The predicted molar refractivity (Wildman–Crippen MR) is 73.1 cm³/mol. The second-order valence-electron chi connectivity index (χ2n) is 5.29. The van der Waals surface area contributed by atoms with Gasteiger partial charge in [-0.25, -0.2) is 0 Å². The molecular weight excluding hydrogens is 227 g/mol. The quantitative estimate of drug-likeness (QED) is 0.782. The molecule has 4 heteroatoms. The van der Waals surface area contributed by atoms with Crippen molar-refractivity contribution < 1.29 is 26.1 Å². The Balaban J connectivity index is 2.51. The van der Waals surface area contributed by atoms with Crippen LogP contribution in [-0.2, 0) is 9.31 Å². The molecule has 3 nitrogen and oxygen atoms in total. The molecule has 0 radical (unpaired) electrons. The van der Waals surface area contributed by atoms with Gasteiger partial charge in [-0.2, -0.15) is 0 Å². The van der Waals surface area contributed by atoms with E-state index in [0.717, 1.165) is 6.07 Å². The maximum absolute atomic E-state index is 8.34. The zero-order chi connectivity index (χ0) is 21.3. The van der Waals surface area contributed by atoms with Gasteiger partial charge >= 0.3 is 7.12 Å². The van der Waals surface area contributed by atoms with Crippen molar-refractivity contribution in [3.05, 3.63) is 17.9 Å². The van der Waals surface area contributed by atoms with Gasteiger partial charge in [0.2, 0.25) is 0 Å². The maximum atomic E-state index is 8.34. The summed E-state index contributed by atoms with van der Waals surface area (Å²) in [4.78, 5) is 0. The van der Waals surface area contributed by atoms with Crippen LogP contribution in [0.1, 0.15) is 71.8 Å². The number of hydrogen-bond acceptors (Lipinski definition) is 3. The van der Waals surface area contributed by atoms with Crippen molar-refractivity contribution in [1.82, 2.24) is 0 Å². The second-order valence-corrected chi connectivity index (χ2v) is 5.29. The van der Waals surface area contributed by atoms with Crippen LogP contribution in [0.15, 0.2) is 16.5 Å². The summed E-state index contributed by atoms with van der Waals surface area (Å²) >= 11 is 0. The van der Waals surface area contributed by atoms with Crippen molar-refractivity contribution in [2.75, 3.05) is 0 Å². The Kier molecular flexibility index (Phi) is 1.51. The molecule has 1 saturated heterocycles. The van der Waals surface area contributed by atoms with Crippen LogP contribution in [0.5, 0.6) is 0 Å². The van der Waals surface area contributed by atoms with E-state index in [2.05, 4.69) is 0 Å². The van der Waals surface area contributed by atoms with Gasteiger partial charge in [0.25, 0.3) is 0 Å². The SMILES string of the molecule is [2H]C([2H])([2H])C([2H])([2H])C([2H])(c1ccc(B2OC(C)(C)C(C)(C)O2)o1)C([2H])([2H])[2H]. The van der Waals surface area contributed by atoms with Gasteiger partial charge in [0.15, 0.2) is 0 Å². The summed E-state index contributed by atoms with van der Waals surface area (Å²) in [6, 6.07) is 2.39. The molecule has 1 unspecified atom stereocenters. The first kappa shape index (κ1) is 6.14. The third kappa shape index (κ3) is 2.24. The second kappa shape index (κ2) is 4.43. The number of hydrogen-bond donors (Lipinski definition) is 0. The molecule has 18 heavy (non-hydrogen) atoms. The monoisotopic (exact) mass is 259 g/mol. The van der Waals surface area contributed by atoms with Crippen molar-refractivity contribution in [3.63, 3.8) is 0 Å². The van der Waals surface area contributed by atoms with E-state index < -0.39 is 50.1 Å². The van der Waals surface area contributed by atoms with E-state index in [1.165, 1.54) is 6.07 Å². The van der Waals surface area contributed by atoms with Gasteiger partial charge in [-0.1, -0.05) is 13.7 Å². The summed E-state index contributed by atoms with van der Waals surface area (Å²) < 4.78 is 86.3. The van der Waals surface area contributed by atoms with E-state index >= 15 is 0 Å². The zero-order valence-corrected chi connectivity index (χ0v) is 11.0. The van der Waals surface area contributed by atoms with Gasteiger partial charge in [-0.3, -0.25) is 0 Å². The highest BCUT2D eigenvalue weighted by Gasteiger charge is 2.53. The normalized spacial score (nSPS) is 34.7. The molecule has 0 aromatic carbocycles. The fraction of sp³-hybridized carbons (Fsp3) is 0.714. The van der Waals surface area contributed by atoms with Crippen LogP contribution in [-0.4, -0.2) is 18.3 Å². The van der Waals surface area contributed by atoms with Gasteiger partial charge in [-0.05, 0) is 46.2 Å². The van der Waals surface area contributed by atoms with Crippen LogP contribution >= 0.6 is 0 Å². The van der Waals surface area contributed by atoms with E-state index in [1.54, 1.807) is 27.7 Å². The first-order chi connectivity index (χ1) is 11.8. The molecule has 1 aliphatic heterocycles. The highest BCUT2D eigenvalue weighted by atomic mass is 16.7. The maximum Gasteiger partial charge on any atom is 0.532 e. The third-order valence-electron chi connectivity index (χ3n) is 3.48. The molecule has 1 atom stereocenters. The Bertz CT molecular complexity index is 691. The van der Waals surface area contributed by atoms with E-state index in [9.17, 15) is 0 Å². The van der Waals surface area contributed by atoms with E-state index in [4.69, 9.17) is 26.1 Å². The van der Waals surface area contributed by atoms with Crippen LogP contribution in [0.4, 0.5) is 0 Å². The molecule has 2 rings (SSSR count). The molecule has 0 bridgehead atoms. The Morgan fingerprint density at radius 2 is 2.00 bits per heavy atom. The molecule has 1 fully saturated rings. The summed E-state index contributed by atoms with van der Waals surface area (Å²) in [6.07, 6.45) is -3.41. The van der Waals surface area contributed by atoms with Crippen molar-refractivity contribution in [1.29, 1.82) is 0 Å². The fourth-order valence-corrected chi connectivity index (χ4v) is 1.63. The third-order valence-corrected chi connectivity index (χ3v) is 3.48. The lowest BCUT2D eigenvalue weighted by atomic mass is 9.86. The van der Waals surface area contributed by atoms with Crippen LogP contribution in [0.3, 0.4) is 0 Å². The van der Waals surface area contributed by atoms with Crippen LogP contribution in [0.25, 0.3) is 0 Å². The Morgan fingerprint density at radius 1 is 1.33 bits per heavy atom. The fourth-order valence-electron chi connectivity index (χ4n) is 1.63. The van der Waals surface area contributed by atoms with Crippen LogP contribution in [0.2, 0.25) is 0 Å². The van der Waals surface area contributed by atoms with Gasteiger partial charge in [0.05, 0.1) is 11.2 Å². The summed E-state index contributed by atoms with van der Waals surface area (Å²) in [7, 11) is -0.997. The van der Waals surface area contributed by atoms with Crippen molar-refractivity contribution in [3.8, 4) is 0 Å². The average molecular weight is 259 g/mol. The zero-order valence-electron chi connectivity index (χ0n) is 20.0. The van der Waals surface area contributed by atoms with E-state index in [-0.39, 0.29) is 5.66 Å². The first-order valence-corrected chi connectivity index (χ1v) is 5.74. The van der Waals surface area contributed by atoms with Crippen LogP contribution < -0.4 is 5.66 Å². The summed E-state index contributed by atoms with van der Waals surface area (Å²) in [5.74, 6) is -3.79. The Morgan fingerprint density at radius 3 is 2.56 bits per heavy atom. The average Bonchev–Trinajstić information content (AvgIpc) is 2.99. The van der Waals surface area contributed by atoms with Gasteiger partial charge < -0.3 is 13.7 Å². The van der Waals surface area contributed by atoms with Crippen molar-refractivity contribution >= 4 is 12.8 Å². The molecule has 0 N–H and O–H groups in total. The molecule has 0 spiro atoms. The molecule has 2 heterocycles. The molecular formula is C14H23BO3. The van der Waals surface area contributed by atoms with Gasteiger partial charge in [0.1, 0.15) is 11.4 Å². The topological polar surface area (TPSA) is 31.6 Å². The van der Waals surface area contributed by atoms with Crippen molar-refractivity contribution in [2.45, 2.75) is 64.9 Å². The molecule has 0 saturated carbocycles. The lowest BCUT2D eigenvalue weighted by Gasteiger charge is -2.32. The van der Waals surface area contributed by atoms with E-state index in [0.29, 0.717) is 0 Å². The van der Waals surface area contributed by atoms with E-state index in [1.807, 2.05) is 0 Å². The molecule has 1 aliphatic rings. The molecule has 100 valence electrons. The minimum absolute atomic E-state index is 0.0332. The molecule has 0 aliphatic carbocycles. The lowest BCUT2D eigenvalue weighted by Crippen LogP contribution is -2.41. The highest BCUT2D eigenvalue weighted by Crippen LogP contribution is 2.36. The number of furan rings is 1. The Labute approximate surface area is 123 Å². The standard InChI is InChI=1S/C14H23BO3/c1-7-10(2)11-8-9-12(16-11)15-17-13(3,4)14(5,6)18-15/h8-10H,7H2,1-6H3/i1D3,2D3,7D2,10D. The molecule has 1 aromatic heterocycles. The summed E-state index contributed by atoms with van der Waals surface area (Å²) in [5, 5.41) is 0. The van der Waals surface area contributed by atoms with Crippen LogP contribution in [0, 0.1) is 0 Å². The first-order valence-electron chi connectivity index (χ1n) is 10.2. The van der Waals surface area contributed by atoms with Gasteiger partial charge in [-0.15, -0.1) is 0 Å². The Hall–Kier alpha value is -0.735. The molecule has 1 aromatic rings. The highest BCUT2D eigenvalue weighted by molar-refractivity contribution is 6.60. The lowest BCUT2D eigenvalue weighted by molar-refractivity contribution is 0.00578. The minimum atomic E-state index is -3.41. The molecule has 0 amide bonds. The number of rotatable bonds is 3. The predicted octanol–water partition coefficient (Wildman–Crippen LogP) is 3.09.